The van der Waals surface area contributed by atoms with Gasteiger partial charge in [0.05, 0.1) is 17.8 Å². The van der Waals surface area contributed by atoms with Gasteiger partial charge in [0, 0.05) is 41.5 Å². The number of hydrogen-bond donors (Lipinski definition) is 1. The lowest BCUT2D eigenvalue weighted by molar-refractivity contribution is 0.102. The summed E-state index contributed by atoms with van der Waals surface area (Å²) in [7, 11) is 0. The number of hydrogen-bond acceptors (Lipinski definition) is 5. The summed E-state index contributed by atoms with van der Waals surface area (Å²) in [4.78, 5) is 14.8. The van der Waals surface area contributed by atoms with Crippen LogP contribution in [0.5, 0.6) is 0 Å². The van der Waals surface area contributed by atoms with E-state index in [9.17, 15) is 4.79 Å². The molecule has 1 amide bonds. The van der Waals surface area contributed by atoms with Crippen molar-refractivity contribution in [2.75, 3.05) is 48.0 Å². The molecule has 2 fully saturated rings. The van der Waals surface area contributed by atoms with Crippen LogP contribution in [-0.4, -0.2) is 43.7 Å². The largest absolute Gasteiger partial charge is 0.378 e. The number of carbonyl (C=O) groups excluding carboxylic acids is 1. The van der Waals surface area contributed by atoms with Crippen LogP contribution < -0.4 is 10.2 Å². The second-order valence-corrected chi connectivity index (χ2v) is 9.02. The van der Waals surface area contributed by atoms with Crippen LogP contribution in [0.3, 0.4) is 0 Å². The van der Waals surface area contributed by atoms with Crippen molar-refractivity contribution < 1.29 is 9.53 Å². The Morgan fingerprint density at radius 2 is 1.62 bits per heavy atom. The lowest BCUT2D eigenvalue weighted by Gasteiger charge is -2.28. The Morgan fingerprint density at radius 3 is 2.27 bits per heavy atom. The molecule has 0 unspecified atom stereocenters. The van der Waals surface area contributed by atoms with Crippen molar-refractivity contribution in [2.45, 2.75) is 4.58 Å². The van der Waals surface area contributed by atoms with Crippen molar-refractivity contribution in [3.05, 3.63) is 59.7 Å². The van der Waals surface area contributed by atoms with E-state index in [1.54, 1.807) is 0 Å². The van der Waals surface area contributed by atoms with Gasteiger partial charge in [-0.15, -0.1) is 23.5 Å². The third-order valence-electron chi connectivity index (χ3n) is 4.57. The zero-order valence-electron chi connectivity index (χ0n) is 14.5. The average molecular weight is 387 g/mol. The van der Waals surface area contributed by atoms with Gasteiger partial charge in [0.25, 0.3) is 5.91 Å². The molecule has 0 saturated carbocycles. The molecular weight excluding hydrogens is 364 g/mol. The van der Waals surface area contributed by atoms with Crippen LogP contribution in [0.2, 0.25) is 0 Å². The highest BCUT2D eigenvalue weighted by Gasteiger charge is 2.18. The number of anilines is 2. The van der Waals surface area contributed by atoms with Crippen LogP contribution in [0.15, 0.2) is 48.5 Å². The second kappa shape index (κ2) is 8.37. The van der Waals surface area contributed by atoms with E-state index in [1.165, 1.54) is 22.8 Å². The topological polar surface area (TPSA) is 41.6 Å². The molecule has 0 aliphatic carbocycles. The van der Waals surface area contributed by atoms with Gasteiger partial charge < -0.3 is 15.0 Å². The Hall–Kier alpha value is -1.63. The first-order valence-corrected chi connectivity index (χ1v) is 11.0. The number of nitrogens with zero attached hydrogens (tertiary/aromatic N) is 1. The number of benzene rings is 2. The number of thioether (sulfide) groups is 2. The van der Waals surface area contributed by atoms with Crippen LogP contribution in [-0.2, 0) is 4.74 Å². The first kappa shape index (κ1) is 17.8. The van der Waals surface area contributed by atoms with Gasteiger partial charge in [-0.1, -0.05) is 12.1 Å². The first-order valence-electron chi connectivity index (χ1n) is 8.87. The van der Waals surface area contributed by atoms with Gasteiger partial charge in [0.15, 0.2) is 0 Å². The fraction of sp³-hybridized carbons (Fsp3) is 0.350. The molecule has 2 heterocycles. The van der Waals surface area contributed by atoms with Gasteiger partial charge in [-0.3, -0.25) is 4.79 Å². The normalized spacial score (nSPS) is 18.1. The van der Waals surface area contributed by atoms with Gasteiger partial charge in [0.1, 0.15) is 0 Å². The number of morpholine rings is 1. The van der Waals surface area contributed by atoms with Gasteiger partial charge in [-0.2, -0.15) is 0 Å². The molecule has 0 atom stereocenters. The van der Waals surface area contributed by atoms with Crippen LogP contribution in [0.4, 0.5) is 11.4 Å². The smallest absolute Gasteiger partial charge is 0.255 e. The van der Waals surface area contributed by atoms with E-state index in [0.29, 0.717) is 10.1 Å². The lowest BCUT2D eigenvalue weighted by atomic mass is 10.1. The predicted octanol–water partition coefficient (Wildman–Crippen LogP) is 4.25. The molecule has 0 bridgehead atoms. The van der Waals surface area contributed by atoms with Crippen LogP contribution in [0, 0.1) is 0 Å². The summed E-state index contributed by atoms with van der Waals surface area (Å²) in [6, 6.07) is 16.0. The molecule has 0 aromatic heterocycles. The van der Waals surface area contributed by atoms with Crippen molar-refractivity contribution in [3.8, 4) is 0 Å². The second-order valence-electron chi connectivity index (χ2n) is 6.30. The highest BCUT2D eigenvalue weighted by atomic mass is 32.2. The Labute approximate surface area is 162 Å². The lowest BCUT2D eigenvalue weighted by Crippen LogP contribution is -2.36. The third-order valence-corrected chi connectivity index (χ3v) is 7.67. The average Bonchev–Trinajstić information content (AvgIpc) is 3.24. The summed E-state index contributed by atoms with van der Waals surface area (Å²) in [6.45, 7) is 3.37. The Bertz CT molecular complexity index is 737. The molecule has 1 N–H and O–H groups in total. The Morgan fingerprint density at radius 1 is 0.962 bits per heavy atom. The molecule has 136 valence electrons. The summed E-state index contributed by atoms with van der Waals surface area (Å²) in [5, 5.41) is 2.98. The van der Waals surface area contributed by atoms with E-state index < -0.39 is 0 Å². The predicted molar refractivity (Wildman–Crippen MR) is 112 cm³/mol. The molecular formula is C20H22N2O2S2. The number of nitrogens with one attached hydrogen (secondary N) is 1. The SMILES string of the molecule is O=C(Nc1ccc(N2CCOCC2)cc1)c1ccc(C2SCCS2)cc1. The minimum Gasteiger partial charge on any atom is -0.378 e. The molecule has 2 aromatic carbocycles. The van der Waals surface area contributed by atoms with Crippen LogP contribution >= 0.6 is 23.5 Å². The molecule has 4 nitrogen and oxygen atoms in total. The minimum absolute atomic E-state index is 0.0672. The Balaban J connectivity index is 1.37. The number of rotatable bonds is 4. The fourth-order valence-corrected chi connectivity index (χ4v) is 5.98. The standard InChI is InChI=1S/C20H22N2O2S2/c23-19(15-1-3-16(4-2-15)20-25-13-14-26-20)21-17-5-7-18(8-6-17)22-9-11-24-12-10-22/h1-8,20H,9-14H2,(H,21,23). The van der Waals surface area contributed by atoms with Gasteiger partial charge in [0.2, 0.25) is 0 Å². The number of carbonyl (C=O) groups is 1. The van der Waals surface area contributed by atoms with Gasteiger partial charge in [-0.05, 0) is 42.0 Å². The van der Waals surface area contributed by atoms with Crippen molar-refractivity contribution in [1.82, 2.24) is 0 Å². The summed E-state index contributed by atoms with van der Waals surface area (Å²) in [5.41, 5.74) is 3.98. The zero-order chi connectivity index (χ0) is 17.8. The third kappa shape index (κ3) is 4.19. The molecule has 2 aromatic rings. The quantitative estimate of drug-likeness (QED) is 0.851. The van der Waals surface area contributed by atoms with Crippen LogP contribution in [0.1, 0.15) is 20.5 Å². The minimum atomic E-state index is -0.0672. The monoisotopic (exact) mass is 386 g/mol. The Kier molecular flexibility index (Phi) is 5.72. The molecule has 6 heteroatoms. The molecule has 2 aliphatic rings. The van der Waals surface area contributed by atoms with Crippen molar-refractivity contribution >= 4 is 40.8 Å². The molecule has 26 heavy (non-hydrogen) atoms. The van der Waals surface area contributed by atoms with Gasteiger partial charge in [-0.25, -0.2) is 0 Å². The van der Waals surface area contributed by atoms with E-state index in [-0.39, 0.29) is 5.91 Å². The van der Waals surface area contributed by atoms with E-state index in [1.807, 2.05) is 47.8 Å². The summed E-state index contributed by atoms with van der Waals surface area (Å²) in [5.74, 6) is 2.35. The zero-order valence-corrected chi connectivity index (χ0v) is 16.2. The molecule has 2 aliphatic heterocycles. The number of ether oxygens (including phenoxy) is 1. The summed E-state index contributed by atoms with van der Waals surface area (Å²) < 4.78 is 5.90. The fourth-order valence-electron chi connectivity index (χ4n) is 3.12. The van der Waals surface area contributed by atoms with Crippen molar-refractivity contribution in [2.24, 2.45) is 0 Å². The van der Waals surface area contributed by atoms with E-state index in [2.05, 4.69) is 34.5 Å². The summed E-state index contributed by atoms with van der Waals surface area (Å²) >= 11 is 3.95. The maximum atomic E-state index is 12.5. The summed E-state index contributed by atoms with van der Waals surface area (Å²) in [6.07, 6.45) is 0. The highest BCUT2D eigenvalue weighted by Crippen LogP contribution is 2.45. The molecule has 2 saturated heterocycles. The highest BCUT2D eigenvalue weighted by molar-refractivity contribution is 8.19. The molecule has 4 rings (SSSR count). The number of amides is 1. The molecule has 0 spiro atoms. The first-order chi connectivity index (χ1) is 12.8. The molecule has 0 radical (unpaired) electrons. The van der Waals surface area contributed by atoms with E-state index >= 15 is 0 Å². The van der Waals surface area contributed by atoms with Gasteiger partial charge >= 0.3 is 0 Å². The van der Waals surface area contributed by atoms with E-state index in [4.69, 9.17) is 4.74 Å². The van der Waals surface area contributed by atoms with Crippen molar-refractivity contribution in [3.63, 3.8) is 0 Å². The maximum Gasteiger partial charge on any atom is 0.255 e. The van der Waals surface area contributed by atoms with Crippen molar-refractivity contribution in [1.29, 1.82) is 0 Å². The maximum absolute atomic E-state index is 12.5. The van der Waals surface area contributed by atoms with E-state index in [0.717, 1.165) is 32.0 Å². The van der Waals surface area contributed by atoms with Crippen LogP contribution in [0.25, 0.3) is 0 Å².